The number of likely N-dealkylation sites (N-methyl/N-ethyl adjacent to an activating group) is 1. The minimum Gasteiger partial charge on any atom is -0.373 e. The summed E-state index contributed by atoms with van der Waals surface area (Å²) in [6, 6.07) is 3.90. The van der Waals surface area contributed by atoms with Crippen molar-refractivity contribution in [3.8, 4) is 0 Å². The quantitative estimate of drug-likeness (QED) is 0.845. The molecule has 1 aromatic rings. The number of carbonyl (C=O) groups excluding carboxylic acids is 1. The van der Waals surface area contributed by atoms with Gasteiger partial charge in [0.05, 0.1) is 5.56 Å². The molecule has 0 aromatic carbocycles. The summed E-state index contributed by atoms with van der Waals surface area (Å²) in [5, 5.41) is 2.94. The molecule has 1 atom stereocenters. The van der Waals surface area contributed by atoms with E-state index in [1.165, 1.54) is 0 Å². The van der Waals surface area contributed by atoms with Gasteiger partial charge in [0.25, 0.3) is 5.91 Å². The van der Waals surface area contributed by atoms with E-state index in [1.54, 1.807) is 6.20 Å². The third-order valence-electron chi connectivity index (χ3n) is 3.36. The van der Waals surface area contributed by atoms with E-state index in [1.807, 2.05) is 24.1 Å². The van der Waals surface area contributed by atoms with Gasteiger partial charge in [0.2, 0.25) is 0 Å². The summed E-state index contributed by atoms with van der Waals surface area (Å²) in [7, 11) is 3.90. The van der Waals surface area contributed by atoms with Gasteiger partial charge in [-0.3, -0.25) is 4.79 Å². The van der Waals surface area contributed by atoms with E-state index in [-0.39, 0.29) is 11.9 Å². The zero-order valence-electron chi connectivity index (χ0n) is 11.2. The van der Waals surface area contributed by atoms with Crippen molar-refractivity contribution < 1.29 is 4.79 Å². The number of amides is 1. The molecule has 1 amide bonds. The molecule has 0 bridgehead atoms. The third-order valence-corrected chi connectivity index (χ3v) is 3.36. The van der Waals surface area contributed by atoms with Crippen LogP contribution >= 0.6 is 0 Å². The minimum atomic E-state index is 0.0748. The molecule has 1 saturated heterocycles. The van der Waals surface area contributed by atoms with Gasteiger partial charge in [-0.2, -0.15) is 0 Å². The van der Waals surface area contributed by atoms with Gasteiger partial charge in [0.15, 0.2) is 0 Å². The molecule has 1 aliphatic heterocycles. The van der Waals surface area contributed by atoms with Crippen molar-refractivity contribution in [3.05, 3.63) is 23.9 Å². The lowest BCUT2D eigenvalue weighted by Crippen LogP contribution is -2.52. The zero-order chi connectivity index (χ0) is 13.1. The minimum absolute atomic E-state index is 0.0748. The van der Waals surface area contributed by atoms with Crippen LogP contribution in [-0.4, -0.2) is 60.5 Å². The molecule has 2 heterocycles. The first-order valence-electron chi connectivity index (χ1n) is 6.25. The fourth-order valence-corrected chi connectivity index (χ4v) is 2.28. The van der Waals surface area contributed by atoms with E-state index >= 15 is 0 Å². The number of rotatable bonds is 2. The van der Waals surface area contributed by atoms with Crippen LogP contribution in [-0.2, 0) is 0 Å². The fraction of sp³-hybridized carbons (Fsp3) is 0.538. The van der Waals surface area contributed by atoms with Crippen LogP contribution in [0.25, 0.3) is 0 Å². The molecule has 1 fully saturated rings. The van der Waals surface area contributed by atoms with Crippen LogP contribution in [0.4, 0.5) is 5.82 Å². The number of nitrogens with zero attached hydrogens (tertiary/aromatic N) is 3. The van der Waals surface area contributed by atoms with Gasteiger partial charge < -0.3 is 15.1 Å². The number of anilines is 1. The van der Waals surface area contributed by atoms with E-state index in [0.29, 0.717) is 5.56 Å². The molecule has 1 unspecified atom stereocenters. The number of pyridine rings is 1. The molecule has 0 spiro atoms. The molecule has 0 aliphatic carbocycles. The molecular weight excluding hydrogens is 228 g/mol. The number of hydrogen-bond donors (Lipinski definition) is 1. The highest BCUT2D eigenvalue weighted by Crippen LogP contribution is 2.13. The molecule has 98 valence electrons. The van der Waals surface area contributed by atoms with Gasteiger partial charge in [0.1, 0.15) is 5.82 Å². The Balaban J connectivity index is 2.10. The highest BCUT2D eigenvalue weighted by atomic mass is 16.2. The van der Waals surface area contributed by atoms with Crippen molar-refractivity contribution in [1.82, 2.24) is 14.8 Å². The fourth-order valence-electron chi connectivity index (χ4n) is 2.28. The number of nitrogens with one attached hydrogen (secondary N) is 1. The smallest absolute Gasteiger partial charge is 0.255 e. The van der Waals surface area contributed by atoms with Crippen LogP contribution in [0.15, 0.2) is 18.3 Å². The lowest BCUT2D eigenvalue weighted by molar-refractivity contribution is 0.0533. The first-order valence-corrected chi connectivity index (χ1v) is 6.25. The Kier molecular flexibility index (Phi) is 3.81. The van der Waals surface area contributed by atoms with E-state index in [4.69, 9.17) is 0 Å². The van der Waals surface area contributed by atoms with Crippen molar-refractivity contribution in [2.45, 2.75) is 13.0 Å². The van der Waals surface area contributed by atoms with Crippen molar-refractivity contribution in [2.75, 3.05) is 39.0 Å². The molecular formula is C13H20N4O. The maximum atomic E-state index is 12.4. The Bertz CT molecular complexity index is 418. The van der Waals surface area contributed by atoms with E-state index < -0.39 is 0 Å². The average molecular weight is 248 g/mol. The lowest BCUT2D eigenvalue weighted by atomic mass is 10.1. The molecule has 5 heteroatoms. The van der Waals surface area contributed by atoms with Gasteiger partial charge in [0, 0.05) is 38.9 Å². The van der Waals surface area contributed by atoms with Crippen molar-refractivity contribution in [3.63, 3.8) is 0 Å². The number of piperazine rings is 1. The molecule has 1 aliphatic rings. The summed E-state index contributed by atoms with van der Waals surface area (Å²) in [5.41, 5.74) is 0.658. The van der Waals surface area contributed by atoms with Gasteiger partial charge in [-0.1, -0.05) is 0 Å². The zero-order valence-corrected chi connectivity index (χ0v) is 11.2. The summed E-state index contributed by atoms with van der Waals surface area (Å²) in [6.07, 6.45) is 1.64. The second-order valence-electron chi connectivity index (χ2n) is 4.79. The first-order chi connectivity index (χ1) is 8.61. The predicted molar refractivity (Wildman–Crippen MR) is 71.8 cm³/mol. The molecule has 2 rings (SSSR count). The normalized spacial score (nSPS) is 20.8. The number of aromatic nitrogens is 1. The predicted octanol–water partition coefficient (Wildman–Crippen LogP) is 0.899. The van der Waals surface area contributed by atoms with Crippen LogP contribution in [0.3, 0.4) is 0 Å². The summed E-state index contributed by atoms with van der Waals surface area (Å²) in [6.45, 7) is 4.72. The summed E-state index contributed by atoms with van der Waals surface area (Å²) in [5.74, 6) is 0.851. The van der Waals surface area contributed by atoms with Gasteiger partial charge in [-0.25, -0.2) is 4.98 Å². The van der Waals surface area contributed by atoms with E-state index in [9.17, 15) is 4.79 Å². The van der Waals surface area contributed by atoms with Crippen LogP contribution in [0, 0.1) is 0 Å². The summed E-state index contributed by atoms with van der Waals surface area (Å²) in [4.78, 5) is 20.7. The standard InChI is InChI=1S/C13H20N4O/c1-10-9-16(3)6-7-17(10)13(18)11-4-5-12(14-2)15-8-11/h4-5,8,10H,6-7,9H2,1-3H3,(H,14,15). The molecule has 18 heavy (non-hydrogen) atoms. The molecule has 0 radical (unpaired) electrons. The van der Waals surface area contributed by atoms with Crippen molar-refractivity contribution >= 4 is 11.7 Å². The second-order valence-corrected chi connectivity index (χ2v) is 4.79. The van der Waals surface area contributed by atoms with Crippen LogP contribution in [0.2, 0.25) is 0 Å². The molecule has 1 aromatic heterocycles. The van der Waals surface area contributed by atoms with Gasteiger partial charge in [-0.15, -0.1) is 0 Å². The van der Waals surface area contributed by atoms with Gasteiger partial charge in [-0.05, 0) is 26.1 Å². The molecule has 0 saturated carbocycles. The Morgan fingerprint density at radius 2 is 2.22 bits per heavy atom. The van der Waals surface area contributed by atoms with Crippen molar-refractivity contribution in [1.29, 1.82) is 0 Å². The van der Waals surface area contributed by atoms with Gasteiger partial charge >= 0.3 is 0 Å². The molecule has 5 nitrogen and oxygen atoms in total. The Hall–Kier alpha value is -1.62. The van der Waals surface area contributed by atoms with Crippen LogP contribution in [0.5, 0.6) is 0 Å². The summed E-state index contributed by atoms with van der Waals surface area (Å²) < 4.78 is 0. The highest BCUT2D eigenvalue weighted by Gasteiger charge is 2.26. The third kappa shape index (κ3) is 2.61. The Morgan fingerprint density at radius 1 is 1.44 bits per heavy atom. The Labute approximate surface area is 108 Å². The second kappa shape index (κ2) is 5.35. The number of hydrogen-bond acceptors (Lipinski definition) is 4. The van der Waals surface area contributed by atoms with Crippen molar-refractivity contribution in [2.24, 2.45) is 0 Å². The van der Waals surface area contributed by atoms with E-state index in [0.717, 1.165) is 25.5 Å². The largest absolute Gasteiger partial charge is 0.373 e. The monoisotopic (exact) mass is 248 g/mol. The van der Waals surface area contributed by atoms with Crippen LogP contribution < -0.4 is 5.32 Å². The maximum absolute atomic E-state index is 12.4. The maximum Gasteiger partial charge on any atom is 0.255 e. The topological polar surface area (TPSA) is 48.5 Å². The first kappa shape index (κ1) is 12.8. The highest BCUT2D eigenvalue weighted by molar-refractivity contribution is 5.94. The van der Waals surface area contributed by atoms with Crippen LogP contribution in [0.1, 0.15) is 17.3 Å². The SMILES string of the molecule is CNc1ccc(C(=O)N2CCN(C)CC2C)cn1. The number of carbonyl (C=O) groups is 1. The summed E-state index contributed by atoms with van der Waals surface area (Å²) >= 11 is 0. The average Bonchev–Trinajstić information content (AvgIpc) is 2.38. The molecule has 1 N–H and O–H groups in total. The van der Waals surface area contributed by atoms with E-state index in [2.05, 4.69) is 29.2 Å². The Morgan fingerprint density at radius 3 is 2.78 bits per heavy atom. The lowest BCUT2D eigenvalue weighted by Gasteiger charge is -2.38.